The molecule has 2 N–H and O–H groups in total. The van der Waals surface area contributed by atoms with E-state index in [1.54, 1.807) is 0 Å². The van der Waals surface area contributed by atoms with Crippen molar-refractivity contribution in [3.63, 3.8) is 0 Å². The van der Waals surface area contributed by atoms with Crippen LogP contribution < -0.4 is 5.46 Å². The number of rotatable bonds is 1. The maximum Gasteiger partial charge on any atom is 0.490 e. The topological polar surface area (TPSA) is 70.6 Å². The third kappa shape index (κ3) is 1.54. The fourth-order valence-electron chi connectivity index (χ4n) is 1.36. The predicted molar refractivity (Wildman–Crippen MR) is 55.6 cm³/mol. The van der Waals surface area contributed by atoms with Gasteiger partial charge in [0.05, 0.1) is 17.6 Å². The molecule has 1 aromatic heterocycles. The van der Waals surface area contributed by atoms with Crippen molar-refractivity contribution in [1.29, 1.82) is 0 Å². The summed E-state index contributed by atoms with van der Waals surface area (Å²) >= 11 is 0. The van der Waals surface area contributed by atoms with Crippen molar-refractivity contribution in [2.45, 2.75) is 0 Å². The molecule has 0 radical (unpaired) electrons. The minimum atomic E-state index is -1.61. The van der Waals surface area contributed by atoms with Gasteiger partial charge in [-0.1, -0.05) is 12.1 Å². The van der Waals surface area contributed by atoms with Gasteiger partial charge in [0.25, 0.3) is 0 Å². The fraction of sp³-hybridized carbons (Fsp3) is 0. The van der Waals surface area contributed by atoms with E-state index in [1.165, 1.54) is 24.5 Å². The average Bonchev–Trinajstić information content (AvgIpc) is 2.27. The second kappa shape index (κ2) is 3.65. The monoisotopic (exact) mass is 199 g/mol. The Morgan fingerprint density at radius 3 is 2.40 bits per heavy atom. The zero-order valence-electron chi connectivity index (χ0n) is 7.62. The molecular weight excluding hydrogens is 193 g/mol. The van der Waals surface area contributed by atoms with Gasteiger partial charge in [-0.15, -0.1) is 0 Å². The lowest BCUT2D eigenvalue weighted by molar-refractivity contribution is 0.426. The highest BCUT2D eigenvalue weighted by atomic mass is 16.4. The van der Waals surface area contributed by atoms with Crippen molar-refractivity contribution < 1.29 is 10.0 Å². The molecule has 0 spiro atoms. The standard InChI is InChI=1S/C9H6BN3O2/c1-11-7-3-2-6(10(14)15)8-9(7)13-5-4-12-8/h2-5,14-15H. The summed E-state index contributed by atoms with van der Waals surface area (Å²) in [6.07, 6.45) is 2.91. The van der Waals surface area contributed by atoms with Gasteiger partial charge < -0.3 is 10.0 Å². The molecule has 0 saturated carbocycles. The first-order valence-electron chi connectivity index (χ1n) is 4.21. The number of aromatic nitrogens is 2. The van der Waals surface area contributed by atoms with Crippen LogP contribution in [-0.2, 0) is 0 Å². The van der Waals surface area contributed by atoms with Crippen molar-refractivity contribution in [3.8, 4) is 0 Å². The molecule has 0 aliphatic carbocycles. The van der Waals surface area contributed by atoms with Crippen LogP contribution in [0.25, 0.3) is 15.9 Å². The summed E-state index contributed by atoms with van der Waals surface area (Å²) in [6, 6.07) is 2.97. The Balaban J connectivity index is 2.85. The van der Waals surface area contributed by atoms with Gasteiger partial charge in [-0.3, -0.25) is 9.97 Å². The van der Waals surface area contributed by atoms with Crippen LogP contribution in [0.15, 0.2) is 24.5 Å². The fourth-order valence-corrected chi connectivity index (χ4v) is 1.36. The van der Waals surface area contributed by atoms with Crippen LogP contribution in [0.2, 0.25) is 0 Å². The Labute approximate surface area is 86.0 Å². The van der Waals surface area contributed by atoms with Gasteiger partial charge in [-0.2, -0.15) is 0 Å². The van der Waals surface area contributed by atoms with Crippen molar-refractivity contribution in [2.75, 3.05) is 0 Å². The molecule has 0 aliphatic rings. The molecule has 0 unspecified atom stereocenters. The van der Waals surface area contributed by atoms with Crippen LogP contribution in [0, 0.1) is 6.57 Å². The van der Waals surface area contributed by atoms with Gasteiger partial charge in [0, 0.05) is 17.9 Å². The van der Waals surface area contributed by atoms with E-state index in [-0.39, 0.29) is 5.46 Å². The SMILES string of the molecule is [C-]#[N+]c1ccc(B(O)O)c2nccnc12. The number of fused-ring (bicyclic) bond motifs is 1. The van der Waals surface area contributed by atoms with Crippen LogP contribution in [0.5, 0.6) is 0 Å². The first kappa shape index (κ1) is 9.58. The molecule has 15 heavy (non-hydrogen) atoms. The van der Waals surface area contributed by atoms with Crippen molar-refractivity contribution >= 4 is 29.3 Å². The van der Waals surface area contributed by atoms with Crippen LogP contribution in [0.3, 0.4) is 0 Å². The van der Waals surface area contributed by atoms with Crippen LogP contribution in [0.1, 0.15) is 0 Å². The van der Waals surface area contributed by atoms with Gasteiger partial charge in [0.15, 0.2) is 0 Å². The molecule has 1 aromatic carbocycles. The lowest BCUT2D eigenvalue weighted by Crippen LogP contribution is -2.30. The van der Waals surface area contributed by atoms with E-state index in [1.807, 2.05) is 0 Å². The molecule has 6 heteroatoms. The Hall–Kier alpha value is -1.97. The largest absolute Gasteiger partial charge is 0.490 e. The third-order valence-corrected chi connectivity index (χ3v) is 2.03. The number of nitrogens with zero attached hydrogens (tertiary/aromatic N) is 3. The normalized spacial score (nSPS) is 9.93. The third-order valence-electron chi connectivity index (χ3n) is 2.03. The maximum absolute atomic E-state index is 9.10. The molecule has 72 valence electrons. The summed E-state index contributed by atoms with van der Waals surface area (Å²) in [4.78, 5) is 11.3. The van der Waals surface area contributed by atoms with Gasteiger partial charge in [0.2, 0.25) is 5.69 Å². The molecule has 1 heterocycles. The van der Waals surface area contributed by atoms with Crippen LogP contribution in [0.4, 0.5) is 5.69 Å². The van der Waals surface area contributed by atoms with E-state index in [2.05, 4.69) is 14.8 Å². The molecule has 0 bridgehead atoms. The Kier molecular flexibility index (Phi) is 2.33. The molecule has 0 amide bonds. The summed E-state index contributed by atoms with van der Waals surface area (Å²) in [7, 11) is -1.61. The Morgan fingerprint density at radius 1 is 1.13 bits per heavy atom. The van der Waals surface area contributed by atoms with E-state index in [4.69, 9.17) is 16.6 Å². The summed E-state index contributed by atoms with van der Waals surface area (Å²) in [6.45, 7) is 6.94. The summed E-state index contributed by atoms with van der Waals surface area (Å²) < 4.78 is 0. The van der Waals surface area contributed by atoms with E-state index in [0.29, 0.717) is 16.7 Å². The molecule has 0 aliphatic heterocycles. The van der Waals surface area contributed by atoms with E-state index in [0.717, 1.165) is 0 Å². The minimum absolute atomic E-state index is 0.255. The van der Waals surface area contributed by atoms with Gasteiger partial charge in [-0.25, -0.2) is 4.85 Å². The lowest BCUT2D eigenvalue weighted by atomic mass is 9.79. The molecule has 0 fully saturated rings. The molecule has 0 saturated heterocycles. The van der Waals surface area contributed by atoms with E-state index in [9.17, 15) is 0 Å². The second-order valence-electron chi connectivity index (χ2n) is 2.91. The Bertz CT molecular complexity index is 551. The van der Waals surface area contributed by atoms with E-state index < -0.39 is 7.12 Å². The minimum Gasteiger partial charge on any atom is -0.423 e. The highest BCUT2D eigenvalue weighted by Gasteiger charge is 2.17. The highest BCUT2D eigenvalue weighted by Crippen LogP contribution is 2.20. The van der Waals surface area contributed by atoms with Gasteiger partial charge in [0.1, 0.15) is 0 Å². The molecule has 2 aromatic rings. The zero-order valence-corrected chi connectivity index (χ0v) is 7.62. The summed E-state index contributed by atoms with van der Waals surface area (Å²) in [5.74, 6) is 0. The molecule has 2 rings (SSSR count). The predicted octanol–water partition coefficient (Wildman–Crippen LogP) is -0.140. The number of hydrogen-bond acceptors (Lipinski definition) is 4. The van der Waals surface area contributed by atoms with Crippen LogP contribution >= 0.6 is 0 Å². The van der Waals surface area contributed by atoms with Gasteiger partial charge >= 0.3 is 7.12 Å². The smallest absolute Gasteiger partial charge is 0.423 e. The summed E-state index contributed by atoms with van der Waals surface area (Å²) in [5, 5.41) is 18.2. The quantitative estimate of drug-likeness (QED) is 0.495. The first-order chi connectivity index (χ1) is 7.24. The Morgan fingerprint density at radius 2 is 1.80 bits per heavy atom. The van der Waals surface area contributed by atoms with Crippen molar-refractivity contribution in [1.82, 2.24) is 9.97 Å². The van der Waals surface area contributed by atoms with Crippen molar-refractivity contribution in [2.24, 2.45) is 0 Å². The maximum atomic E-state index is 9.10. The highest BCUT2D eigenvalue weighted by molar-refractivity contribution is 6.61. The van der Waals surface area contributed by atoms with Crippen LogP contribution in [-0.4, -0.2) is 27.1 Å². The second-order valence-corrected chi connectivity index (χ2v) is 2.91. The lowest BCUT2D eigenvalue weighted by Gasteiger charge is -2.04. The van der Waals surface area contributed by atoms with Crippen molar-refractivity contribution in [3.05, 3.63) is 35.9 Å². The number of benzene rings is 1. The molecule has 5 nitrogen and oxygen atoms in total. The summed E-state index contributed by atoms with van der Waals surface area (Å²) in [5.41, 5.74) is 1.34. The zero-order chi connectivity index (χ0) is 10.8. The van der Waals surface area contributed by atoms with E-state index >= 15 is 0 Å². The first-order valence-corrected chi connectivity index (χ1v) is 4.21. The average molecular weight is 199 g/mol. The molecule has 0 atom stereocenters. The number of hydrogen-bond donors (Lipinski definition) is 2. The van der Waals surface area contributed by atoms with Gasteiger partial charge in [-0.05, 0) is 0 Å². The molecular formula is C9H6BN3O2.